The van der Waals surface area contributed by atoms with Crippen LogP contribution in [-0.4, -0.2) is 33.2 Å². The van der Waals surface area contributed by atoms with Gasteiger partial charge in [-0.3, -0.25) is 9.69 Å². The van der Waals surface area contributed by atoms with Crippen LogP contribution >= 0.6 is 0 Å². The Hall–Kier alpha value is -1.62. The number of hydrogen-bond donors (Lipinski definition) is 2. The molecule has 0 saturated carbocycles. The van der Waals surface area contributed by atoms with E-state index in [1.807, 2.05) is 25.7 Å². The Labute approximate surface area is 112 Å². The Bertz CT molecular complexity index is 434. The van der Waals surface area contributed by atoms with Crippen LogP contribution in [0.1, 0.15) is 32.8 Å². The highest BCUT2D eigenvalue weighted by Crippen LogP contribution is 2.21. The normalized spacial score (nSPS) is 11.8. The number of benzene rings is 1. The summed E-state index contributed by atoms with van der Waals surface area (Å²) in [5.74, 6) is -1.49. The van der Waals surface area contributed by atoms with E-state index in [1.165, 1.54) is 12.1 Å². The van der Waals surface area contributed by atoms with Crippen LogP contribution in [0.5, 0.6) is 5.75 Å². The number of halogens is 1. The van der Waals surface area contributed by atoms with E-state index < -0.39 is 11.8 Å². The van der Waals surface area contributed by atoms with Gasteiger partial charge in [-0.2, -0.15) is 0 Å². The molecule has 1 aromatic rings. The van der Waals surface area contributed by atoms with Crippen molar-refractivity contribution in [2.24, 2.45) is 0 Å². The summed E-state index contributed by atoms with van der Waals surface area (Å²) in [4.78, 5) is 12.6. The molecule has 1 aromatic carbocycles. The molecule has 0 spiro atoms. The van der Waals surface area contributed by atoms with Gasteiger partial charge in [0.25, 0.3) is 0 Å². The largest absolute Gasteiger partial charge is 0.508 e. The van der Waals surface area contributed by atoms with Crippen molar-refractivity contribution in [1.29, 1.82) is 0 Å². The number of carboxylic acids is 1. The van der Waals surface area contributed by atoms with E-state index in [-0.39, 0.29) is 17.7 Å². The van der Waals surface area contributed by atoms with E-state index in [9.17, 15) is 14.3 Å². The molecule has 0 amide bonds. The number of carboxylic acid groups (broad SMARTS) is 1. The Morgan fingerprint density at radius 3 is 2.42 bits per heavy atom. The molecule has 0 unspecified atom stereocenters. The van der Waals surface area contributed by atoms with Crippen LogP contribution in [0.2, 0.25) is 0 Å². The van der Waals surface area contributed by atoms with E-state index in [2.05, 4.69) is 0 Å². The summed E-state index contributed by atoms with van der Waals surface area (Å²) in [5, 5.41) is 18.1. The van der Waals surface area contributed by atoms with Crippen molar-refractivity contribution in [3.8, 4) is 5.75 Å². The van der Waals surface area contributed by atoms with Crippen LogP contribution in [0.25, 0.3) is 0 Å². The van der Waals surface area contributed by atoms with E-state index in [1.54, 1.807) is 0 Å². The topological polar surface area (TPSA) is 60.8 Å². The average Bonchev–Trinajstić information content (AvgIpc) is 2.20. The fourth-order valence-corrected chi connectivity index (χ4v) is 1.83. The maximum Gasteiger partial charge on any atom is 0.304 e. The van der Waals surface area contributed by atoms with Crippen LogP contribution < -0.4 is 0 Å². The highest BCUT2D eigenvalue weighted by molar-refractivity contribution is 5.66. The molecule has 0 bridgehead atoms. The van der Waals surface area contributed by atoms with Gasteiger partial charge >= 0.3 is 5.97 Å². The van der Waals surface area contributed by atoms with Crippen molar-refractivity contribution in [1.82, 2.24) is 4.90 Å². The Morgan fingerprint density at radius 1 is 1.32 bits per heavy atom. The molecular weight excluding hydrogens is 249 g/mol. The van der Waals surface area contributed by atoms with Gasteiger partial charge in [0.15, 0.2) is 0 Å². The number of phenolic OH excluding ortho intramolecular Hbond substituents is 1. The van der Waals surface area contributed by atoms with Crippen molar-refractivity contribution in [3.05, 3.63) is 29.6 Å². The Kier molecular flexibility index (Phi) is 4.89. The van der Waals surface area contributed by atoms with Gasteiger partial charge in [-0.05, 0) is 38.5 Å². The van der Waals surface area contributed by atoms with Gasteiger partial charge in [0.2, 0.25) is 0 Å². The third-order valence-corrected chi connectivity index (χ3v) is 2.86. The second kappa shape index (κ2) is 6.02. The molecule has 0 aliphatic rings. The minimum Gasteiger partial charge on any atom is -0.508 e. The van der Waals surface area contributed by atoms with E-state index in [4.69, 9.17) is 5.11 Å². The van der Waals surface area contributed by atoms with Crippen molar-refractivity contribution in [2.75, 3.05) is 6.54 Å². The smallest absolute Gasteiger partial charge is 0.304 e. The second-order valence-electron chi connectivity index (χ2n) is 5.55. The third kappa shape index (κ3) is 5.26. The first-order chi connectivity index (χ1) is 8.68. The zero-order valence-corrected chi connectivity index (χ0v) is 11.5. The maximum absolute atomic E-state index is 13.2. The van der Waals surface area contributed by atoms with Gasteiger partial charge < -0.3 is 10.2 Å². The lowest BCUT2D eigenvalue weighted by Gasteiger charge is -2.35. The molecule has 0 saturated heterocycles. The molecule has 106 valence electrons. The number of phenols is 1. The van der Waals surface area contributed by atoms with Gasteiger partial charge in [-0.1, -0.05) is 0 Å². The maximum atomic E-state index is 13.2. The molecular formula is C14H20FNO3. The highest BCUT2D eigenvalue weighted by atomic mass is 19.1. The molecule has 0 aliphatic heterocycles. The van der Waals surface area contributed by atoms with Crippen molar-refractivity contribution in [2.45, 2.75) is 39.3 Å². The molecule has 0 aromatic heterocycles. The lowest BCUT2D eigenvalue weighted by Crippen LogP contribution is -2.42. The number of aromatic hydroxyl groups is 1. The minimum absolute atomic E-state index is 0.0264. The predicted molar refractivity (Wildman–Crippen MR) is 70.5 cm³/mol. The van der Waals surface area contributed by atoms with Crippen molar-refractivity contribution >= 4 is 5.97 Å². The highest BCUT2D eigenvalue weighted by Gasteiger charge is 2.22. The number of carbonyl (C=O) groups is 1. The third-order valence-electron chi connectivity index (χ3n) is 2.86. The molecule has 5 heteroatoms. The van der Waals surface area contributed by atoms with Crippen LogP contribution in [0.3, 0.4) is 0 Å². The summed E-state index contributed by atoms with van der Waals surface area (Å²) in [6.07, 6.45) is 0.0264. The summed E-state index contributed by atoms with van der Waals surface area (Å²) in [7, 11) is 0. The summed E-state index contributed by atoms with van der Waals surface area (Å²) in [6.45, 7) is 6.66. The lowest BCUT2D eigenvalue weighted by molar-refractivity contribution is -0.137. The standard InChI is InChI=1S/C14H20FNO3/c1-14(2,3)16(5-4-13(18)19)9-10-6-11(15)8-12(17)7-10/h6-8,17H,4-5,9H2,1-3H3,(H,18,19). The molecule has 0 atom stereocenters. The molecule has 0 aliphatic carbocycles. The summed E-state index contributed by atoms with van der Waals surface area (Å²) in [6, 6.07) is 3.88. The SMILES string of the molecule is CC(C)(C)N(CCC(=O)O)Cc1cc(O)cc(F)c1. The molecule has 4 nitrogen and oxygen atoms in total. The van der Waals surface area contributed by atoms with Crippen LogP contribution in [0, 0.1) is 5.82 Å². The second-order valence-corrected chi connectivity index (χ2v) is 5.55. The summed E-state index contributed by atoms with van der Waals surface area (Å²) in [5.41, 5.74) is 0.384. The molecule has 2 N–H and O–H groups in total. The fraction of sp³-hybridized carbons (Fsp3) is 0.500. The fourth-order valence-electron chi connectivity index (χ4n) is 1.83. The first-order valence-electron chi connectivity index (χ1n) is 6.14. The predicted octanol–water partition coefficient (Wildman–Crippen LogP) is 2.61. The number of nitrogens with zero attached hydrogens (tertiary/aromatic N) is 1. The van der Waals surface area contributed by atoms with Gasteiger partial charge in [-0.25, -0.2) is 4.39 Å². The first-order valence-corrected chi connectivity index (χ1v) is 6.14. The number of rotatable bonds is 5. The molecule has 1 rings (SSSR count). The Morgan fingerprint density at radius 2 is 1.95 bits per heavy atom. The summed E-state index contributed by atoms with van der Waals surface area (Å²) < 4.78 is 13.2. The van der Waals surface area contributed by atoms with Crippen molar-refractivity contribution < 1.29 is 19.4 Å². The van der Waals surface area contributed by atoms with Gasteiger partial charge in [0, 0.05) is 24.7 Å². The zero-order chi connectivity index (χ0) is 14.6. The van der Waals surface area contributed by atoms with E-state index in [0.717, 1.165) is 6.07 Å². The van der Waals surface area contributed by atoms with Crippen molar-refractivity contribution in [3.63, 3.8) is 0 Å². The van der Waals surface area contributed by atoms with E-state index in [0.29, 0.717) is 18.7 Å². The summed E-state index contributed by atoms with van der Waals surface area (Å²) >= 11 is 0. The molecule has 0 heterocycles. The van der Waals surface area contributed by atoms with Gasteiger partial charge in [0.05, 0.1) is 6.42 Å². The quantitative estimate of drug-likeness (QED) is 0.862. The lowest BCUT2D eigenvalue weighted by atomic mass is 10.0. The van der Waals surface area contributed by atoms with Crippen LogP contribution in [-0.2, 0) is 11.3 Å². The van der Waals surface area contributed by atoms with Crippen LogP contribution in [0.4, 0.5) is 4.39 Å². The zero-order valence-electron chi connectivity index (χ0n) is 11.5. The average molecular weight is 269 g/mol. The number of hydrogen-bond acceptors (Lipinski definition) is 3. The molecule has 0 fully saturated rings. The minimum atomic E-state index is -0.865. The Balaban J connectivity index is 2.84. The monoisotopic (exact) mass is 269 g/mol. The van der Waals surface area contributed by atoms with Gasteiger partial charge in [-0.15, -0.1) is 0 Å². The van der Waals surface area contributed by atoms with Crippen LogP contribution in [0.15, 0.2) is 18.2 Å². The first kappa shape index (κ1) is 15.4. The van der Waals surface area contributed by atoms with E-state index >= 15 is 0 Å². The molecule has 19 heavy (non-hydrogen) atoms. The molecule has 0 radical (unpaired) electrons. The number of aliphatic carboxylic acids is 1. The van der Waals surface area contributed by atoms with Gasteiger partial charge in [0.1, 0.15) is 11.6 Å².